The summed E-state index contributed by atoms with van der Waals surface area (Å²) in [5, 5.41) is 13.1. The predicted molar refractivity (Wildman–Crippen MR) is 107 cm³/mol. The third kappa shape index (κ3) is 4.61. The highest BCUT2D eigenvalue weighted by Gasteiger charge is 2.30. The zero-order valence-electron chi connectivity index (χ0n) is 16.2. The highest BCUT2D eigenvalue weighted by atomic mass is 32.2. The Morgan fingerprint density at radius 2 is 2.10 bits per heavy atom. The number of alkyl carbamates (subject to hydrolysis) is 1. The van der Waals surface area contributed by atoms with Gasteiger partial charge in [-0.05, 0) is 45.2 Å². The van der Waals surface area contributed by atoms with Crippen molar-refractivity contribution < 1.29 is 17.9 Å². The van der Waals surface area contributed by atoms with Gasteiger partial charge in [-0.1, -0.05) is 0 Å². The van der Waals surface area contributed by atoms with Gasteiger partial charge >= 0.3 is 6.09 Å². The maximum absolute atomic E-state index is 11.8. The summed E-state index contributed by atoms with van der Waals surface area (Å²) in [6, 6.07) is 5.34. The zero-order valence-corrected chi connectivity index (χ0v) is 17.0. The average molecular weight is 420 g/mol. The number of fused-ring (bicyclic) bond motifs is 1. The number of nitrogens with zero attached hydrogens (tertiary/aromatic N) is 2. The van der Waals surface area contributed by atoms with Crippen molar-refractivity contribution in [2.75, 3.05) is 10.0 Å². The van der Waals surface area contributed by atoms with E-state index in [9.17, 15) is 13.2 Å². The molecular formula is C18H24N6O4S. The molecule has 2 aromatic rings. The average Bonchev–Trinajstić information content (AvgIpc) is 3.31. The Morgan fingerprint density at radius 1 is 1.28 bits per heavy atom. The van der Waals surface area contributed by atoms with Crippen molar-refractivity contribution in [2.45, 2.75) is 56.9 Å². The van der Waals surface area contributed by atoms with Crippen LogP contribution in [0.15, 0.2) is 18.2 Å². The van der Waals surface area contributed by atoms with Crippen molar-refractivity contribution in [1.29, 1.82) is 0 Å². The lowest BCUT2D eigenvalue weighted by Crippen LogP contribution is -2.33. The predicted octanol–water partition coefficient (Wildman–Crippen LogP) is 2.57. The maximum atomic E-state index is 11.8. The van der Waals surface area contributed by atoms with Crippen molar-refractivity contribution in [3.63, 3.8) is 0 Å². The monoisotopic (exact) mass is 420 g/mol. The topological polar surface area (TPSA) is 138 Å². The van der Waals surface area contributed by atoms with Gasteiger partial charge in [0.1, 0.15) is 17.7 Å². The quantitative estimate of drug-likeness (QED) is 0.583. The Morgan fingerprint density at radius 3 is 2.90 bits per heavy atom. The summed E-state index contributed by atoms with van der Waals surface area (Å²) >= 11 is 0. The molecule has 2 aromatic heterocycles. The van der Waals surface area contributed by atoms with Crippen LogP contribution in [-0.2, 0) is 20.5 Å². The molecular weight excluding hydrogens is 396 g/mol. The minimum atomic E-state index is -3.33. The number of H-pyrrole nitrogens is 1. The molecule has 29 heavy (non-hydrogen) atoms. The summed E-state index contributed by atoms with van der Waals surface area (Å²) in [5.41, 5.74) is 1.96. The number of anilines is 3. The smallest absolute Gasteiger partial charge is 0.407 e. The molecule has 4 rings (SSSR count). The van der Waals surface area contributed by atoms with Crippen LogP contribution in [0.5, 0.6) is 0 Å². The second-order valence-corrected chi connectivity index (χ2v) is 9.44. The van der Waals surface area contributed by atoms with Gasteiger partial charge in [-0.25, -0.2) is 18.2 Å². The molecule has 2 aliphatic rings. The molecule has 0 aromatic carbocycles. The summed E-state index contributed by atoms with van der Waals surface area (Å²) in [4.78, 5) is 16.1. The number of aromatic amines is 1. The number of sulfonamides is 1. The molecule has 0 saturated heterocycles. The van der Waals surface area contributed by atoms with E-state index in [4.69, 9.17) is 4.74 Å². The van der Waals surface area contributed by atoms with Crippen LogP contribution in [0.4, 0.5) is 22.1 Å². The van der Waals surface area contributed by atoms with Crippen LogP contribution in [0.3, 0.4) is 0 Å². The number of hydrogen-bond acceptors (Lipinski definition) is 7. The van der Waals surface area contributed by atoms with E-state index in [1.165, 1.54) is 0 Å². The van der Waals surface area contributed by atoms with Gasteiger partial charge in [0.05, 0.1) is 11.4 Å². The number of pyridine rings is 1. The third-order valence-corrected chi connectivity index (χ3v) is 6.11. The van der Waals surface area contributed by atoms with Crippen molar-refractivity contribution in [2.24, 2.45) is 0 Å². The van der Waals surface area contributed by atoms with Crippen LogP contribution in [0.25, 0.3) is 0 Å². The molecule has 0 bridgehead atoms. The van der Waals surface area contributed by atoms with Gasteiger partial charge in [-0.2, -0.15) is 5.10 Å². The van der Waals surface area contributed by atoms with Crippen molar-refractivity contribution in [1.82, 2.24) is 20.5 Å². The number of carbonyl (C=O) groups excluding carboxylic acids is 1. The first kappa shape index (κ1) is 19.5. The van der Waals surface area contributed by atoms with E-state index in [0.717, 1.165) is 25.0 Å². The molecule has 1 saturated carbocycles. The first-order valence-electron chi connectivity index (χ1n) is 9.57. The molecule has 4 N–H and O–H groups in total. The van der Waals surface area contributed by atoms with Crippen molar-refractivity contribution in [3.05, 3.63) is 29.6 Å². The summed E-state index contributed by atoms with van der Waals surface area (Å²) in [7, 11) is -3.33. The van der Waals surface area contributed by atoms with Crippen LogP contribution < -0.4 is 15.4 Å². The fraction of sp³-hybridized carbons (Fsp3) is 0.500. The lowest BCUT2D eigenvalue weighted by Gasteiger charge is -2.14. The largest absolute Gasteiger partial charge is 0.446 e. The lowest BCUT2D eigenvalue weighted by molar-refractivity contribution is 0.0981. The molecule has 10 nitrogen and oxygen atoms in total. The molecule has 2 atom stereocenters. The van der Waals surface area contributed by atoms with Gasteiger partial charge in [0, 0.05) is 23.7 Å². The fourth-order valence-electron chi connectivity index (χ4n) is 3.65. The second kappa shape index (κ2) is 7.54. The molecule has 1 aliphatic heterocycles. The van der Waals surface area contributed by atoms with Crippen LogP contribution >= 0.6 is 0 Å². The number of carbonyl (C=O) groups is 1. The van der Waals surface area contributed by atoms with Gasteiger partial charge in [0.15, 0.2) is 5.82 Å². The Labute approximate surface area is 168 Å². The van der Waals surface area contributed by atoms with Crippen molar-refractivity contribution in [3.8, 4) is 0 Å². The molecule has 1 amide bonds. The lowest BCUT2D eigenvalue weighted by atomic mass is 10.0. The summed E-state index contributed by atoms with van der Waals surface area (Å²) in [6.07, 6.45) is 1.98. The van der Waals surface area contributed by atoms with E-state index in [-0.39, 0.29) is 29.9 Å². The van der Waals surface area contributed by atoms with E-state index < -0.39 is 10.0 Å². The highest BCUT2D eigenvalue weighted by Crippen LogP contribution is 2.36. The van der Waals surface area contributed by atoms with E-state index in [0.29, 0.717) is 23.0 Å². The summed E-state index contributed by atoms with van der Waals surface area (Å²) < 4.78 is 31.2. The Bertz CT molecular complexity index is 1020. The highest BCUT2D eigenvalue weighted by molar-refractivity contribution is 7.92. The van der Waals surface area contributed by atoms with Crippen LogP contribution in [0.1, 0.15) is 50.4 Å². The Kier molecular flexibility index (Phi) is 5.07. The Balaban J connectivity index is 1.36. The number of ether oxygens (including phenoxy) is 1. The van der Waals surface area contributed by atoms with Gasteiger partial charge in [-0.3, -0.25) is 9.82 Å². The molecule has 1 aliphatic carbocycles. The standard InChI is InChI=1S/C18H24N6O4S/c1-10(2)19-18(25)28-12-4-3-11(7-12)14-8-17(23-22-14)21-16-6-5-13-15(20-16)9-29(26,27)24-13/h5-6,8,10-12,24H,3-4,7,9H2,1-2H3,(H,19,25)(H2,20,21,22,23)/t11-,12+/m0/s1. The normalized spacial score (nSPS) is 22.2. The first-order chi connectivity index (χ1) is 13.8. The minimum Gasteiger partial charge on any atom is -0.446 e. The minimum absolute atomic E-state index is 0.0460. The number of aromatic nitrogens is 3. The zero-order chi connectivity index (χ0) is 20.6. The number of rotatable bonds is 5. The molecule has 1 fully saturated rings. The molecule has 0 unspecified atom stereocenters. The maximum Gasteiger partial charge on any atom is 0.407 e. The second-order valence-electron chi connectivity index (χ2n) is 7.72. The van der Waals surface area contributed by atoms with E-state index in [1.54, 1.807) is 12.1 Å². The van der Waals surface area contributed by atoms with Gasteiger partial charge in [-0.15, -0.1) is 0 Å². The van der Waals surface area contributed by atoms with Crippen molar-refractivity contribution >= 4 is 33.4 Å². The molecule has 11 heteroatoms. The number of amides is 1. The van der Waals surface area contributed by atoms with E-state index in [2.05, 4.69) is 30.5 Å². The van der Waals surface area contributed by atoms with Gasteiger partial charge in [0.25, 0.3) is 0 Å². The third-order valence-electron chi connectivity index (χ3n) is 4.92. The molecule has 156 valence electrons. The van der Waals surface area contributed by atoms with Gasteiger partial charge in [0.2, 0.25) is 10.0 Å². The Hall–Kier alpha value is -2.82. The number of nitrogens with one attached hydrogen (secondary N) is 4. The number of hydrogen-bond donors (Lipinski definition) is 4. The molecule has 3 heterocycles. The first-order valence-corrected chi connectivity index (χ1v) is 11.2. The fourth-order valence-corrected chi connectivity index (χ4v) is 4.82. The van der Waals surface area contributed by atoms with Crippen LogP contribution in [0, 0.1) is 0 Å². The molecule has 0 spiro atoms. The van der Waals surface area contributed by atoms with Crippen LogP contribution in [-0.4, -0.2) is 41.8 Å². The van der Waals surface area contributed by atoms with E-state index in [1.807, 2.05) is 19.9 Å². The van der Waals surface area contributed by atoms with Gasteiger partial charge < -0.3 is 15.4 Å². The summed E-state index contributed by atoms with van der Waals surface area (Å²) in [5.74, 6) is 1.23. The van der Waals surface area contributed by atoms with Crippen LogP contribution in [0.2, 0.25) is 0 Å². The summed E-state index contributed by atoms with van der Waals surface area (Å²) in [6.45, 7) is 3.78. The molecule has 0 radical (unpaired) electrons. The SMILES string of the molecule is CC(C)NC(=O)O[C@@H]1CC[C@H](c2cc(Nc3ccc4c(n3)CS(=O)(=O)N4)n[nH]2)C1. The van der Waals surface area contributed by atoms with E-state index >= 15 is 0 Å².